The van der Waals surface area contributed by atoms with E-state index < -0.39 is 0 Å². The van der Waals surface area contributed by atoms with E-state index in [0.717, 1.165) is 45.6 Å². The van der Waals surface area contributed by atoms with Gasteiger partial charge < -0.3 is 10.6 Å². The van der Waals surface area contributed by atoms with E-state index in [1.165, 1.54) is 22.3 Å². The molecule has 44 heavy (non-hydrogen) atoms. The smallest absolute Gasteiger partial charge is 0.0701 e. The first kappa shape index (κ1) is 34.6. The summed E-state index contributed by atoms with van der Waals surface area (Å²) in [6, 6.07) is 21.5. The second kappa shape index (κ2) is 15.7. The summed E-state index contributed by atoms with van der Waals surface area (Å²) in [6.07, 6.45) is 4.24. The molecule has 0 atom stereocenters. The van der Waals surface area contributed by atoms with Crippen molar-refractivity contribution in [3.05, 3.63) is 106 Å². The molecule has 0 heterocycles. The molecule has 4 heteroatoms. The van der Waals surface area contributed by atoms with Crippen molar-refractivity contribution in [2.75, 3.05) is 10.6 Å². The molecule has 0 aliphatic rings. The fourth-order valence-corrected chi connectivity index (χ4v) is 5.53. The van der Waals surface area contributed by atoms with Gasteiger partial charge in [0.05, 0.1) is 11.4 Å². The Labute approximate surface area is 267 Å². The fourth-order valence-electron chi connectivity index (χ4n) is 5.53. The van der Waals surface area contributed by atoms with E-state index in [9.17, 15) is 0 Å². The number of nitrogens with one attached hydrogen (secondary N) is 2. The summed E-state index contributed by atoms with van der Waals surface area (Å²) in [7, 11) is 0. The van der Waals surface area contributed by atoms with E-state index in [-0.39, 0.29) is 0 Å². The SMILES string of the molecule is CC(/C=C(\C)Nc1cccc(N/C(C)=C/C(C)=Nc2c(C(C)C)cccc2C(C)C)c1)=Nc1c(C(C)C)cccc1C(C)C. The van der Waals surface area contributed by atoms with Gasteiger partial charge in [-0.25, -0.2) is 0 Å². The van der Waals surface area contributed by atoms with Crippen LogP contribution in [0.4, 0.5) is 22.7 Å². The average molecular weight is 591 g/mol. The van der Waals surface area contributed by atoms with Crippen LogP contribution in [0.1, 0.15) is 129 Å². The Morgan fingerprint density at radius 1 is 0.500 bits per heavy atom. The van der Waals surface area contributed by atoms with Crippen molar-refractivity contribution in [3.63, 3.8) is 0 Å². The quantitative estimate of drug-likeness (QED) is 0.206. The highest BCUT2D eigenvalue weighted by Crippen LogP contribution is 2.36. The van der Waals surface area contributed by atoms with E-state index in [2.05, 4.69) is 167 Å². The minimum Gasteiger partial charge on any atom is -0.359 e. The van der Waals surface area contributed by atoms with Crippen LogP contribution in [0, 0.1) is 0 Å². The van der Waals surface area contributed by atoms with Gasteiger partial charge in [0.25, 0.3) is 0 Å². The average Bonchev–Trinajstić information content (AvgIpc) is 2.92. The summed E-state index contributed by atoms with van der Waals surface area (Å²) in [6.45, 7) is 26.2. The summed E-state index contributed by atoms with van der Waals surface area (Å²) in [5.41, 5.74) is 13.5. The molecule has 2 N–H and O–H groups in total. The van der Waals surface area contributed by atoms with Gasteiger partial charge in [-0.05, 0) is 104 Å². The number of hydrogen-bond acceptors (Lipinski definition) is 4. The number of allylic oxidation sites excluding steroid dienone is 4. The number of aliphatic imine (C=N–C) groups is 2. The fraction of sp³-hybridized carbons (Fsp3) is 0.400. The topological polar surface area (TPSA) is 48.8 Å². The highest BCUT2D eigenvalue weighted by molar-refractivity contribution is 5.97. The number of nitrogens with zero attached hydrogens (tertiary/aromatic N) is 2. The monoisotopic (exact) mass is 590 g/mol. The van der Waals surface area contributed by atoms with Gasteiger partial charge in [-0.3, -0.25) is 9.98 Å². The van der Waals surface area contributed by atoms with Crippen molar-refractivity contribution in [1.29, 1.82) is 0 Å². The van der Waals surface area contributed by atoms with Gasteiger partial charge in [0.1, 0.15) is 0 Å². The molecule has 0 spiro atoms. The third kappa shape index (κ3) is 9.54. The third-order valence-electron chi connectivity index (χ3n) is 7.66. The first-order valence-electron chi connectivity index (χ1n) is 16.1. The van der Waals surface area contributed by atoms with Crippen LogP contribution in [0.2, 0.25) is 0 Å². The lowest BCUT2D eigenvalue weighted by molar-refractivity contribution is 0.834. The zero-order valence-electron chi connectivity index (χ0n) is 29.1. The predicted molar refractivity (Wildman–Crippen MR) is 196 cm³/mol. The largest absolute Gasteiger partial charge is 0.359 e. The van der Waals surface area contributed by atoms with Gasteiger partial charge in [-0.2, -0.15) is 0 Å². The molecule has 3 rings (SSSR count). The highest BCUT2D eigenvalue weighted by Gasteiger charge is 2.14. The normalized spacial score (nSPS) is 13.5. The van der Waals surface area contributed by atoms with Gasteiger partial charge in [-0.1, -0.05) is 97.9 Å². The molecule has 0 aliphatic heterocycles. The van der Waals surface area contributed by atoms with Crippen LogP contribution in [0.3, 0.4) is 0 Å². The van der Waals surface area contributed by atoms with Gasteiger partial charge in [-0.15, -0.1) is 0 Å². The highest BCUT2D eigenvalue weighted by atomic mass is 14.9. The molecule has 3 aromatic carbocycles. The molecular weight excluding hydrogens is 536 g/mol. The Morgan fingerprint density at radius 3 is 1.09 bits per heavy atom. The summed E-state index contributed by atoms with van der Waals surface area (Å²) < 4.78 is 0. The Balaban J connectivity index is 1.79. The second-order valence-electron chi connectivity index (χ2n) is 13.2. The zero-order valence-corrected chi connectivity index (χ0v) is 29.1. The number of benzene rings is 3. The van der Waals surface area contributed by atoms with E-state index in [1.807, 2.05) is 0 Å². The standard InChI is InChI=1S/C40H54N4/c1-25(2)35-18-14-19-36(26(3)4)39(35)43-31(11)22-29(9)41-33-16-13-17-34(24-33)42-30(10)23-32(12)44-40-37(27(5)6)20-15-21-38(40)28(7)8/h13-28,41-42H,1-12H3/b29-22+,30-23+,43-31?,44-32?. The van der Waals surface area contributed by atoms with E-state index in [1.54, 1.807) is 0 Å². The van der Waals surface area contributed by atoms with Crippen LogP contribution < -0.4 is 10.6 Å². The summed E-state index contributed by atoms with van der Waals surface area (Å²) >= 11 is 0. The lowest BCUT2D eigenvalue weighted by Gasteiger charge is -2.17. The Kier molecular flexibility index (Phi) is 12.3. The molecule has 4 nitrogen and oxygen atoms in total. The van der Waals surface area contributed by atoms with E-state index >= 15 is 0 Å². The van der Waals surface area contributed by atoms with Gasteiger partial charge in [0.2, 0.25) is 0 Å². The lowest BCUT2D eigenvalue weighted by atomic mass is 9.93. The van der Waals surface area contributed by atoms with Crippen molar-refractivity contribution in [2.45, 2.75) is 107 Å². The van der Waals surface area contributed by atoms with Crippen LogP contribution in [-0.2, 0) is 0 Å². The molecular formula is C40H54N4. The molecule has 0 aliphatic carbocycles. The van der Waals surface area contributed by atoms with Crippen LogP contribution >= 0.6 is 0 Å². The lowest BCUT2D eigenvalue weighted by Crippen LogP contribution is -2.02. The van der Waals surface area contributed by atoms with Crippen LogP contribution in [0.15, 0.2) is 94.2 Å². The maximum absolute atomic E-state index is 5.10. The van der Waals surface area contributed by atoms with Crippen LogP contribution in [-0.4, -0.2) is 11.4 Å². The molecule has 0 saturated carbocycles. The molecule has 0 aromatic heterocycles. The second-order valence-corrected chi connectivity index (χ2v) is 13.2. The van der Waals surface area contributed by atoms with Crippen molar-refractivity contribution in [2.24, 2.45) is 9.98 Å². The Bertz CT molecular complexity index is 1380. The van der Waals surface area contributed by atoms with Crippen molar-refractivity contribution >= 4 is 34.2 Å². The number of para-hydroxylation sites is 2. The molecule has 0 bridgehead atoms. The van der Waals surface area contributed by atoms with Gasteiger partial charge >= 0.3 is 0 Å². The maximum Gasteiger partial charge on any atom is 0.0701 e. The van der Waals surface area contributed by atoms with E-state index in [0.29, 0.717) is 23.7 Å². The zero-order chi connectivity index (χ0) is 32.6. The van der Waals surface area contributed by atoms with E-state index in [4.69, 9.17) is 9.98 Å². The summed E-state index contributed by atoms with van der Waals surface area (Å²) in [5.74, 6) is 1.67. The van der Waals surface area contributed by atoms with Crippen LogP contribution in [0.5, 0.6) is 0 Å². The summed E-state index contributed by atoms with van der Waals surface area (Å²) in [4.78, 5) is 10.2. The number of rotatable bonds is 12. The summed E-state index contributed by atoms with van der Waals surface area (Å²) in [5, 5.41) is 7.10. The Morgan fingerprint density at radius 2 is 0.795 bits per heavy atom. The first-order valence-corrected chi connectivity index (χ1v) is 16.1. The van der Waals surface area contributed by atoms with Crippen molar-refractivity contribution in [3.8, 4) is 0 Å². The molecule has 234 valence electrons. The maximum atomic E-state index is 5.10. The Hall–Kier alpha value is -3.92. The van der Waals surface area contributed by atoms with Crippen molar-refractivity contribution in [1.82, 2.24) is 0 Å². The molecule has 3 aromatic rings. The molecule has 0 radical (unpaired) electrons. The number of hydrogen-bond donors (Lipinski definition) is 2. The third-order valence-corrected chi connectivity index (χ3v) is 7.66. The molecule has 0 unspecified atom stereocenters. The number of anilines is 2. The minimum absolute atomic E-state index is 0.416. The molecule has 0 fully saturated rings. The van der Waals surface area contributed by atoms with Gasteiger partial charge in [0, 0.05) is 34.2 Å². The van der Waals surface area contributed by atoms with Crippen LogP contribution in [0.25, 0.3) is 0 Å². The predicted octanol–water partition coefficient (Wildman–Crippen LogP) is 12.4. The first-order chi connectivity index (χ1) is 20.8. The minimum atomic E-state index is 0.416. The molecule has 0 amide bonds. The molecule has 0 saturated heterocycles. The van der Waals surface area contributed by atoms with Gasteiger partial charge in [0.15, 0.2) is 0 Å². The van der Waals surface area contributed by atoms with Crippen molar-refractivity contribution < 1.29 is 0 Å².